The van der Waals surface area contributed by atoms with E-state index >= 15 is 0 Å². The molecule has 0 heterocycles. The molecular weight excluding hydrogens is 194 g/mol. The fourth-order valence-electron chi connectivity index (χ4n) is 2.16. The number of thioether (sulfide) groups is 1. The summed E-state index contributed by atoms with van der Waals surface area (Å²) < 4.78 is 0. The molecule has 0 radical (unpaired) electrons. The van der Waals surface area contributed by atoms with Gasteiger partial charge in [0.2, 0.25) is 0 Å². The van der Waals surface area contributed by atoms with Crippen molar-refractivity contribution >= 4 is 17.5 Å². The van der Waals surface area contributed by atoms with E-state index in [0.29, 0.717) is 17.9 Å². The zero-order chi connectivity index (χ0) is 10.6. The molecule has 0 saturated heterocycles. The highest BCUT2D eigenvalue weighted by molar-refractivity contribution is 7.98. The maximum atomic E-state index is 11.2. The van der Waals surface area contributed by atoms with Gasteiger partial charge in [-0.3, -0.25) is 9.69 Å². The molecule has 2 nitrogen and oxygen atoms in total. The van der Waals surface area contributed by atoms with Crippen LogP contribution in [0.3, 0.4) is 0 Å². The molecule has 0 aromatic heterocycles. The van der Waals surface area contributed by atoms with E-state index in [1.807, 2.05) is 11.8 Å². The second kappa shape index (κ2) is 5.76. The Kier molecular flexibility index (Phi) is 4.96. The first kappa shape index (κ1) is 12.1. The van der Waals surface area contributed by atoms with Gasteiger partial charge in [0.1, 0.15) is 5.78 Å². The predicted molar refractivity (Wildman–Crippen MR) is 62.9 cm³/mol. The maximum Gasteiger partial charge on any atom is 0.134 e. The lowest BCUT2D eigenvalue weighted by Crippen LogP contribution is -2.40. The van der Waals surface area contributed by atoms with Crippen LogP contribution in [0.4, 0.5) is 0 Å². The number of ketones is 1. The van der Waals surface area contributed by atoms with Gasteiger partial charge in [-0.1, -0.05) is 6.92 Å². The lowest BCUT2D eigenvalue weighted by Gasteiger charge is -2.31. The molecule has 82 valence electrons. The topological polar surface area (TPSA) is 20.3 Å². The van der Waals surface area contributed by atoms with E-state index in [-0.39, 0.29) is 0 Å². The summed E-state index contributed by atoms with van der Waals surface area (Å²) in [7, 11) is 2.17. The third kappa shape index (κ3) is 2.99. The maximum absolute atomic E-state index is 11.2. The average molecular weight is 215 g/mol. The molecule has 1 saturated carbocycles. The highest BCUT2D eigenvalue weighted by Crippen LogP contribution is 2.23. The third-order valence-corrected chi connectivity index (χ3v) is 3.92. The first-order chi connectivity index (χ1) is 6.69. The van der Waals surface area contributed by atoms with Crippen molar-refractivity contribution in [2.75, 3.05) is 19.1 Å². The van der Waals surface area contributed by atoms with Crippen molar-refractivity contribution in [1.29, 1.82) is 0 Å². The molecule has 1 aliphatic rings. The Morgan fingerprint density at radius 2 is 2.36 bits per heavy atom. The van der Waals surface area contributed by atoms with Crippen LogP contribution in [-0.2, 0) is 4.79 Å². The summed E-state index contributed by atoms with van der Waals surface area (Å²) in [5, 5.41) is 0. The van der Waals surface area contributed by atoms with E-state index < -0.39 is 0 Å². The molecule has 0 aromatic rings. The van der Waals surface area contributed by atoms with Crippen LogP contribution >= 0.6 is 11.8 Å². The Labute approximate surface area is 91.4 Å². The van der Waals surface area contributed by atoms with Gasteiger partial charge in [0.15, 0.2) is 0 Å². The molecule has 1 fully saturated rings. The summed E-state index contributed by atoms with van der Waals surface area (Å²) in [5.74, 6) is 1.62. The second-order valence-corrected chi connectivity index (χ2v) is 5.03. The molecule has 2 atom stereocenters. The van der Waals surface area contributed by atoms with Gasteiger partial charge in [-0.2, -0.15) is 11.8 Å². The largest absolute Gasteiger partial charge is 0.300 e. The Hall–Kier alpha value is -0.0200. The number of rotatable bonds is 5. The normalized spacial score (nSPS) is 24.6. The zero-order valence-electron chi connectivity index (χ0n) is 9.45. The molecule has 1 aliphatic carbocycles. The fourth-order valence-corrected chi connectivity index (χ4v) is 3.01. The summed E-state index contributed by atoms with van der Waals surface area (Å²) >= 11 is 1.90. The molecule has 0 N–H and O–H groups in total. The van der Waals surface area contributed by atoms with E-state index in [9.17, 15) is 4.79 Å². The van der Waals surface area contributed by atoms with E-state index in [1.54, 1.807) is 0 Å². The number of hydrogen-bond donors (Lipinski definition) is 0. The minimum Gasteiger partial charge on any atom is -0.300 e. The standard InChI is InChI=1S/C11H21NOS/c1-4-9(8-14-3)12(2)10-5-6-11(13)7-10/h9-10H,4-8H2,1-3H3. The van der Waals surface area contributed by atoms with E-state index in [4.69, 9.17) is 0 Å². The molecule has 0 aromatic carbocycles. The Balaban J connectivity index is 2.45. The summed E-state index contributed by atoms with van der Waals surface area (Å²) in [6.45, 7) is 2.23. The SMILES string of the molecule is CCC(CSC)N(C)C1CCC(=O)C1. The van der Waals surface area contributed by atoms with Crippen LogP contribution in [0.15, 0.2) is 0 Å². The van der Waals surface area contributed by atoms with Gasteiger partial charge < -0.3 is 0 Å². The Morgan fingerprint density at radius 1 is 1.64 bits per heavy atom. The van der Waals surface area contributed by atoms with Crippen molar-refractivity contribution < 1.29 is 4.79 Å². The number of hydrogen-bond acceptors (Lipinski definition) is 3. The van der Waals surface area contributed by atoms with Crippen LogP contribution in [0, 0.1) is 0 Å². The first-order valence-electron chi connectivity index (χ1n) is 5.41. The quantitative estimate of drug-likeness (QED) is 0.701. The number of nitrogens with zero attached hydrogens (tertiary/aromatic N) is 1. The van der Waals surface area contributed by atoms with Crippen LogP contribution in [-0.4, -0.2) is 41.8 Å². The van der Waals surface area contributed by atoms with Gasteiger partial charge in [-0.05, 0) is 26.1 Å². The molecule has 1 rings (SSSR count). The molecular formula is C11H21NOS. The highest BCUT2D eigenvalue weighted by atomic mass is 32.2. The van der Waals surface area contributed by atoms with Gasteiger partial charge in [0.05, 0.1) is 0 Å². The fraction of sp³-hybridized carbons (Fsp3) is 0.909. The van der Waals surface area contributed by atoms with Gasteiger partial charge in [0, 0.05) is 30.7 Å². The van der Waals surface area contributed by atoms with Crippen molar-refractivity contribution in [2.24, 2.45) is 0 Å². The lowest BCUT2D eigenvalue weighted by molar-refractivity contribution is -0.117. The molecule has 0 aliphatic heterocycles. The average Bonchev–Trinajstić information content (AvgIpc) is 2.60. The van der Waals surface area contributed by atoms with Crippen molar-refractivity contribution in [2.45, 2.75) is 44.7 Å². The minimum absolute atomic E-state index is 0.445. The number of carbonyl (C=O) groups excluding carboxylic acids is 1. The van der Waals surface area contributed by atoms with Crippen molar-refractivity contribution in [3.8, 4) is 0 Å². The summed E-state index contributed by atoms with van der Waals surface area (Å²) in [5.41, 5.74) is 0. The predicted octanol–water partition coefficient (Wildman–Crippen LogP) is 2.18. The van der Waals surface area contributed by atoms with Crippen LogP contribution in [0.5, 0.6) is 0 Å². The zero-order valence-corrected chi connectivity index (χ0v) is 10.3. The van der Waals surface area contributed by atoms with Crippen LogP contribution in [0.2, 0.25) is 0 Å². The van der Waals surface area contributed by atoms with E-state index in [1.165, 1.54) is 12.2 Å². The van der Waals surface area contributed by atoms with Crippen LogP contribution in [0.25, 0.3) is 0 Å². The van der Waals surface area contributed by atoms with Crippen molar-refractivity contribution in [3.05, 3.63) is 0 Å². The summed E-state index contributed by atoms with van der Waals surface area (Å²) in [4.78, 5) is 13.6. The lowest BCUT2D eigenvalue weighted by atomic mass is 10.1. The Bertz CT molecular complexity index is 196. The van der Waals surface area contributed by atoms with E-state index in [0.717, 1.165) is 19.3 Å². The highest BCUT2D eigenvalue weighted by Gasteiger charge is 2.28. The molecule has 0 spiro atoms. The van der Waals surface area contributed by atoms with Gasteiger partial charge in [0.25, 0.3) is 0 Å². The van der Waals surface area contributed by atoms with Gasteiger partial charge in [-0.15, -0.1) is 0 Å². The van der Waals surface area contributed by atoms with Crippen molar-refractivity contribution in [3.63, 3.8) is 0 Å². The monoisotopic (exact) mass is 215 g/mol. The smallest absolute Gasteiger partial charge is 0.134 e. The third-order valence-electron chi connectivity index (χ3n) is 3.20. The van der Waals surface area contributed by atoms with Crippen LogP contribution in [0.1, 0.15) is 32.6 Å². The van der Waals surface area contributed by atoms with E-state index in [2.05, 4.69) is 25.1 Å². The molecule has 2 unspecified atom stereocenters. The summed E-state index contributed by atoms with van der Waals surface area (Å²) in [6, 6.07) is 1.15. The molecule has 0 bridgehead atoms. The molecule has 3 heteroatoms. The first-order valence-corrected chi connectivity index (χ1v) is 6.81. The molecule has 14 heavy (non-hydrogen) atoms. The van der Waals surface area contributed by atoms with Gasteiger partial charge in [-0.25, -0.2) is 0 Å². The number of Topliss-reactive ketones (excluding diaryl/α,β-unsaturated/α-hetero) is 1. The number of carbonyl (C=O) groups is 1. The van der Waals surface area contributed by atoms with Gasteiger partial charge >= 0.3 is 0 Å². The van der Waals surface area contributed by atoms with Crippen LogP contribution < -0.4 is 0 Å². The summed E-state index contributed by atoms with van der Waals surface area (Å²) in [6.07, 6.45) is 5.98. The minimum atomic E-state index is 0.445. The second-order valence-electron chi connectivity index (χ2n) is 4.12. The Morgan fingerprint density at radius 3 is 2.79 bits per heavy atom. The van der Waals surface area contributed by atoms with Crippen molar-refractivity contribution in [1.82, 2.24) is 4.90 Å². The molecule has 0 amide bonds.